The van der Waals surface area contributed by atoms with E-state index in [1.807, 2.05) is 11.3 Å². The van der Waals surface area contributed by atoms with E-state index in [0.717, 1.165) is 6.54 Å². The molecule has 1 nitrogen and oxygen atoms in total. The van der Waals surface area contributed by atoms with Crippen LogP contribution in [0.4, 0.5) is 0 Å². The molecule has 0 radical (unpaired) electrons. The van der Waals surface area contributed by atoms with Crippen LogP contribution in [0.3, 0.4) is 0 Å². The zero-order chi connectivity index (χ0) is 11.3. The van der Waals surface area contributed by atoms with Gasteiger partial charge < -0.3 is 5.32 Å². The fourth-order valence-corrected chi connectivity index (χ4v) is 2.97. The van der Waals surface area contributed by atoms with Crippen molar-refractivity contribution >= 4 is 27.3 Å². The van der Waals surface area contributed by atoms with Crippen molar-refractivity contribution in [2.75, 3.05) is 6.54 Å². The van der Waals surface area contributed by atoms with E-state index in [0.29, 0.717) is 0 Å². The number of hydrogen-bond donors (Lipinski definition) is 1. The molecule has 0 fully saturated rings. The van der Waals surface area contributed by atoms with Gasteiger partial charge in [0.25, 0.3) is 0 Å². The summed E-state index contributed by atoms with van der Waals surface area (Å²) in [4.78, 5) is 1.48. The molecule has 0 aliphatic rings. The third kappa shape index (κ3) is 5.69. The van der Waals surface area contributed by atoms with E-state index in [1.54, 1.807) is 0 Å². The van der Waals surface area contributed by atoms with Crippen molar-refractivity contribution in [3.63, 3.8) is 0 Å². The highest BCUT2D eigenvalue weighted by molar-refractivity contribution is 9.10. The summed E-state index contributed by atoms with van der Waals surface area (Å²) in [6.07, 6.45) is 3.72. The minimum absolute atomic E-state index is 0.253. The van der Waals surface area contributed by atoms with Gasteiger partial charge in [0, 0.05) is 14.9 Å². The summed E-state index contributed by atoms with van der Waals surface area (Å²) >= 11 is 5.41. The van der Waals surface area contributed by atoms with Crippen LogP contribution in [0.15, 0.2) is 15.9 Å². The standard InChI is InChI=1S/C12H20BrNS/c1-12(2,3)14-8-5-4-6-11-10(13)7-9-15-11/h7,9,14H,4-6,8H2,1-3H3. The smallest absolute Gasteiger partial charge is 0.0314 e. The van der Waals surface area contributed by atoms with Crippen molar-refractivity contribution in [1.29, 1.82) is 0 Å². The average molecular weight is 290 g/mol. The maximum atomic E-state index is 3.56. The summed E-state index contributed by atoms with van der Waals surface area (Å²) in [7, 11) is 0. The van der Waals surface area contributed by atoms with Gasteiger partial charge in [-0.3, -0.25) is 0 Å². The van der Waals surface area contributed by atoms with Gasteiger partial charge in [0.1, 0.15) is 0 Å². The summed E-state index contributed by atoms with van der Waals surface area (Å²) in [5.74, 6) is 0. The van der Waals surface area contributed by atoms with Crippen molar-refractivity contribution in [1.82, 2.24) is 5.32 Å². The van der Waals surface area contributed by atoms with Gasteiger partial charge >= 0.3 is 0 Å². The number of aryl methyl sites for hydroxylation is 1. The molecule has 1 heterocycles. The number of rotatable bonds is 5. The van der Waals surface area contributed by atoms with E-state index in [4.69, 9.17) is 0 Å². The Morgan fingerprint density at radius 3 is 2.60 bits per heavy atom. The number of nitrogens with one attached hydrogen (secondary N) is 1. The van der Waals surface area contributed by atoms with Gasteiger partial charge in [0.05, 0.1) is 0 Å². The molecule has 3 heteroatoms. The van der Waals surface area contributed by atoms with Crippen LogP contribution < -0.4 is 5.32 Å². The van der Waals surface area contributed by atoms with Crippen molar-refractivity contribution in [3.8, 4) is 0 Å². The predicted octanol–water partition coefficient (Wildman–Crippen LogP) is 4.22. The van der Waals surface area contributed by atoms with Crippen molar-refractivity contribution in [3.05, 3.63) is 20.8 Å². The van der Waals surface area contributed by atoms with Gasteiger partial charge in [-0.25, -0.2) is 0 Å². The second-order valence-corrected chi connectivity index (χ2v) is 6.68. The van der Waals surface area contributed by atoms with Crippen molar-refractivity contribution < 1.29 is 0 Å². The Morgan fingerprint density at radius 1 is 1.33 bits per heavy atom. The van der Waals surface area contributed by atoms with E-state index < -0.39 is 0 Å². The Hall–Kier alpha value is 0.140. The molecule has 1 aromatic heterocycles. The summed E-state index contributed by atoms with van der Waals surface area (Å²) in [5.41, 5.74) is 0.253. The van der Waals surface area contributed by atoms with E-state index in [2.05, 4.69) is 53.5 Å². The van der Waals surface area contributed by atoms with Crippen LogP contribution in [0.25, 0.3) is 0 Å². The molecular weight excluding hydrogens is 270 g/mol. The topological polar surface area (TPSA) is 12.0 Å². The largest absolute Gasteiger partial charge is 0.312 e. The van der Waals surface area contributed by atoms with E-state index >= 15 is 0 Å². The number of thiophene rings is 1. The Morgan fingerprint density at radius 2 is 2.07 bits per heavy atom. The highest BCUT2D eigenvalue weighted by atomic mass is 79.9. The molecule has 0 unspecified atom stereocenters. The van der Waals surface area contributed by atoms with Gasteiger partial charge in [-0.15, -0.1) is 11.3 Å². The molecular formula is C12H20BrNS. The maximum Gasteiger partial charge on any atom is 0.0314 e. The van der Waals surface area contributed by atoms with Crippen LogP contribution in [-0.4, -0.2) is 12.1 Å². The number of halogens is 1. The molecule has 0 saturated heterocycles. The first-order valence-corrected chi connectivity index (χ1v) is 7.13. The normalized spacial score (nSPS) is 12.0. The number of hydrogen-bond acceptors (Lipinski definition) is 2. The molecule has 0 aliphatic carbocycles. The van der Waals surface area contributed by atoms with Crippen LogP contribution in [0.5, 0.6) is 0 Å². The first-order valence-electron chi connectivity index (χ1n) is 5.46. The average Bonchev–Trinajstić information content (AvgIpc) is 2.49. The highest BCUT2D eigenvalue weighted by Crippen LogP contribution is 2.24. The lowest BCUT2D eigenvalue weighted by Gasteiger charge is -2.20. The Balaban J connectivity index is 2.10. The van der Waals surface area contributed by atoms with E-state index in [1.165, 1.54) is 28.6 Å². The molecule has 15 heavy (non-hydrogen) atoms. The quantitative estimate of drug-likeness (QED) is 0.801. The summed E-state index contributed by atoms with van der Waals surface area (Å²) in [5, 5.41) is 5.65. The molecule has 0 amide bonds. The molecule has 1 aromatic rings. The lowest BCUT2D eigenvalue weighted by atomic mass is 10.1. The number of unbranched alkanes of at least 4 members (excludes halogenated alkanes) is 1. The molecule has 0 atom stereocenters. The maximum absolute atomic E-state index is 3.56. The third-order valence-corrected chi connectivity index (χ3v) is 4.16. The van der Waals surface area contributed by atoms with Crippen LogP contribution in [0, 0.1) is 0 Å². The second-order valence-electron chi connectivity index (χ2n) is 4.83. The monoisotopic (exact) mass is 289 g/mol. The summed E-state index contributed by atoms with van der Waals surface area (Å²) < 4.78 is 1.27. The molecule has 0 aromatic carbocycles. The van der Waals surface area contributed by atoms with Crippen LogP contribution in [0.1, 0.15) is 38.5 Å². The van der Waals surface area contributed by atoms with E-state index in [-0.39, 0.29) is 5.54 Å². The summed E-state index contributed by atoms with van der Waals surface area (Å²) in [6, 6.07) is 2.13. The molecule has 86 valence electrons. The van der Waals surface area contributed by atoms with Crippen LogP contribution in [-0.2, 0) is 6.42 Å². The second kappa shape index (κ2) is 6.02. The molecule has 1 rings (SSSR count). The SMILES string of the molecule is CC(C)(C)NCCCCc1sccc1Br. The lowest BCUT2D eigenvalue weighted by Crippen LogP contribution is -2.36. The van der Waals surface area contributed by atoms with Gasteiger partial charge in [0.2, 0.25) is 0 Å². The molecule has 0 saturated carbocycles. The van der Waals surface area contributed by atoms with Crippen molar-refractivity contribution in [2.45, 2.75) is 45.6 Å². The van der Waals surface area contributed by atoms with Crippen LogP contribution in [0.2, 0.25) is 0 Å². The predicted molar refractivity (Wildman–Crippen MR) is 72.7 cm³/mol. The highest BCUT2D eigenvalue weighted by Gasteiger charge is 2.07. The fraction of sp³-hybridized carbons (Fsp3) is 0.667. The van der Waals surface area contributed by atoms with Gasteiger partial charge in [-0.2, -0.15) is 0 Å². The first kappa shape index (κ1) is 13.2. The van der Waals surface area contributed by atoms with Crippen LogP contribution >= 0.6 is 27.3 Å². The minimum atomic E-state index is 0.253. The van der Waals surface area contributed by atoms with Gasteiger partial charge in [0.15, 0.2) is 0 Å². The van der Waals surface area contributed by atoms with Gasteiger partial charge in [-0.05, 0) is 74.0 Å². The van der Waals surface area contributed by atoms with Crippen molar-refractivity contribution in [2.24, 2.45) is 0 Å². The Bertz CT molecular complexity index is 288. The zero-order valence-electron chi connectivity index (χ0n) is 9.77. The lowest BCUT2D eigenvalue weighted by molar-refractivity contribution is 0.419. The molecule has 1 N–H and O–H groups in total. The van der Waals surface area contributed by atoms with Gasteiger partial charge in [-0.1, -0.05) is 0 Å². The van der Waals surface area contributed by atoms with E-state index in [9.17, 15) is 0 Å². The minimum Gasteiger partial charge on any atom is -0.312 e. The first-order chi connectivity index (χ1) is 6.99. The summed E-state index contributed by atoms with van der Waals surface area (Å²) in [6.45, 7) is 7.75. The molecule has 0 aliphatic heterocycles. The third-order valence-electron chi connectivity index (χ3n) is 2.18. The fourth-order valence-electron chi connectivity index (χ4n) is 1.38. The molecule has 0 spiro atoms. The molecule has 0 bridgehead atoms. The Kier molecular flexibility index (Phi) is 5.30. The zero-order valence-corrected chi connectivity index (χ0v) is 12.2. The Labute approximate surface area is 105 Å².